The Hall–Kier alpha value is -1.12. The average Bonchev–Trinajstić information content (AvgIpc) is 2.15. The molecule has 2 heterocycles. The normalized spacial score (nSPS) is 20.6. The third-order valence-corrected chi connectivity index (χ3v) is 3.26. The lowest BCUT2D eigenvalue weighted by molar-refractivity contribution is 0.397. The molecule has 0 bridgehead atoms. The summed E-state index contributed by atoms with van der Waals surface area (Å²) in [5.41, 5.74) is 0.982. The molecule has 0 saturated heterocycles. The Balaban J connectivity index is 2.59. The average molecular weight is 220 g/mol. The molecule has 0 radical (unpaired) electrons. The van der Waals surface area contributed by atoms with E-state index in [1.54, 1.807) is 6.07 Å². The fourth-order valence-electron chi connectivity index (χ4n) is 2.26. The van der Waals surface area contributed by atoms with Gasteiger partial charge in [-0.2, -0.15) is 0 Å². The molecule has 0 aromatic carbocycles. The van der Waals surface area contributed by atoms with Crippen LogP contribution >= 0.6 is 0 Å². The molecule has 0 aliphatic carbocycles. The van der Waals surface area contributed by atoms with Crippen LogP contribution in [0.3, 0.4) is 0 Å². The summed E-state index contributed by atoms with van der Waals surface area (Å²) in [4.78, 5) is 16.7. The van der Waals surface area contributed by atoms with Gasteiger partial charge in [0.1, 0.15) is 5.82 Å². The van der Waals surface area contributed by atoms with E-state index in [9.17, 15) is 4.79 Å². The number of fused-ring (bicyclic) bond motifs is 1. The Labute approximate surface area is 96.5 Å². The van der Waals surface area contributed by atoms with Gasteiger partial charge in [0.25, 0.3) is 5.56 Å². The maximum Gasteiger partial charge on any atom is 0.253 e. The van der Waals surface area contributed by atoms with E-state index in [0.29, 0.717) is 6.04 Å². The van der Waals surface area contributed by atoms with Crippen molar-refractivity contribution >= 4 is 0 Å². The van der Waals surface area contributed by atoms with Crippen LogP contribution in [0, 0.1) is 0 Å². The molecule has 2 rings (SSSR count). The van der Waals surface area contributed by atoms with Gasteiger partial charge in [-0.05, 0) is 19.8 Å². The van der Waals surface area contributed by atoms with E-state index in [1.807, 2.05) is 4.57 Å². The first kappa shape index (κ1) is 11.4. The van der Waals surface area contributed by atoms with Crippen molar-refractivity contribution in [2.24, 2.45) is 0 Å². The van der Waals surface area contributed by atoms with E-state index >= 15 is 0 Å². The zero-order valence-electron chi connectivity index (χ0n) is 10.6. The van der Waals surface area contributed by atoms with E-state index in [-0.39, 0.29) is 11.0 Å². The monoisotopic (exact) mass is 220 g/mol. The maximum absolute atomic E-state index is 12.1. The zero-order chi connectivity index (χ0) is 11.9. The lowest BCUT2D eigenvalue weighted by atomic mass is 9.91. The minimum absolute atomic E-state index is 0.0462. The van der Waals surface area contributed by atoms with Gasteiger partial charge in [0.05, 0.1) is 5.69 Å². The van der Waals surface area contributed by atoms with Gasteiger partial charge in [0.15, 0.2) is 0 Å². The summed E-state index contributed by atoms with van der Waals surface area (Å²) in [6.45, 7) is 8.39. The smallest absolute Gasteiger partial charge is 0.253 e. The summed E-state index contributed by atoms with van der Waals surface area (Å²) in [5.74, 6) is 0.969. The summed E-state index contributed by atoms with van der Waals surface area (Å²) < 4.78 is 1.86. The molecule has 0 saturated carbocycles. The Kier molecular flexibility index (Phi) is 2.64. The number of hydrogen-bond acceptors (Lipinski definition) is 2. The van der Waals surface area contributed by atoms with Crippen molar-refractivity contribution in [3.05, 3.63) is 27.9 Å². The number of rotatable bonds is 0. The highest BCUT2D eigenvalue weighted by Crippen LogP contribution is 2.24. The van der Waals surface area contributed by atoms with Gasteiger partial charge < -0.3 is 0 Å². The van der Waals surface area contributed by atoms with Crippen LogP contribution in [0.5, 0.6) is 0 Å². The van der Waals surface area contributed by atoms with Crippen LogP contribution < -0.4 is 5.56 Å². The minimum atomic E-state index is -0.0462. The Morgan fingerprint density at radius 2 is 2.12 bits per heavy atom. The highest BCUT2D eigenvalue weighted by Gasteiger charge is 2.23. The van der Waals surface area contributed by atoms with Gasteiger partial charge in [-0.3, -0.25) is 9.36 Å². The molecule has 0 amide bonds. The Bertz CT molecular complexity index is 454. The van der Waals surface area contributed by atoms with Crippen molar-refractivity contribution in [2.75, 3.05) is 0 Å². The maximum atomic E-state index is 12.1. The van der Waals surface area contributed by atoms with Crippen LogP contribution in [0.1, 0.15) is 58.1 Å². The van der Waals surface area contributed by atoms with E-state index < -0.39 is 0 Å². The molecule has 3 nitrogen and oxygen atoms in total. The molecule has 3 heteroatoms. The standard InChI is InChI=1S/C13H20N2O/c1-9-6-5-7-11-14-10(13(2,3)4)8-12(16)15(9)11/h8-9H,5-7H2,1-4H3/t9-/m1/s1. The Morgan fingerprint density at radius 3 is 2.75 bits per heavy atom. The molecule has 0 N–H and O–H groups in total. The third kappa shape index (κ3) is 1.91. The molecule has 1 atom stereocenters. The fourth-order valence-corrected chi connectivity index (χ4v) is 2.26. The molecular weight excluding hydrogens is 200 g/mol. The van der Waals surface area contributed by atoms with Crippen LogP contribution in [0.25, 0.3) is 0 Å². The van der Waals surface area contributed by atoms with Crippen LogP contribution in [0.15, 0.2) is 10.9 Å². The van der Waals surface area contributed by atoms with Crippen molar-refractivity contribution in [3.8, 4) is 0 Å². The number of aryl methyl sites for hydroxylation is 1. The Morgan fingerprint density at radius 1 is 1.44 bits per heavy atom. The van der Waals surface area contributed by atoms with Crippen molar-refractivity contribution < 1.29 is 0 Å². The largest absolute Gasteiger partial charge is 0.294 e. The molecule has 1 aliphatic heterocycles. The van der Waals surface area contributed by atoms with E-state index in [4.69, 9.17) is 0 Å². The summed E-state index contributed by atoms with van der Waals surface area (Å²) >= 11 is 0. The van der Waals surface area contributed by atoms with Gasteiger partial charge >= 0.3 is 0 Å². The van der Waals surface area contributed by atoms with E-state index in [2.05, 4.69) is 32.7 Å². The van der Waals surface area contributed by atoms with Crippen molar-refractivity contribution in [1.82, 2.24) is 9.55 Å². The highest BCUT2D eigenvalue weighted by atomic mass is 16.1. The van der Waals surface area contributed by atoms with Crippen molar-refractivity contribution in [3.63, 3.8) is 0 Å². The van der Waals surface area contributed by atoms with E-state index in [1.165, 1.54) is 0 Å². The molecular formula is C13H20N2O. The molecule has 1 aromatic heterocycles. The van der Waals surface area contributed by atoms with Crippen LogP contribution in [-0.2, 0) is 11.8 Å². The van der Waals surface area contributed by atoms with E-state index in [0.717, 1.165) is 30.8 Å². The second-order valence-electron chi connectivity index (χ2n) is 5.76. The van der Waals surface area contributed by atoms with Gasteiger partial charge in [0, 0.05) is 23.9 Å². The molecule has 1 aliphatic rings. The first-order valence-electron chi connectivity index (χ1n) is 6.02. The first-order valence-corrected chi connectivity index (χ1v) is 6.02. The van der Waals surface area contributed by atoms with Gasteiger partial charge in [-0.15, -0.1) is 0 Å². The second kappa shape index (κ2) is 3.72. The molecule has 88 valence electrons. The van der Waals surface area contributed by atoms with Crippen LogP contribution in [-0.4, -0.2) is 9.55 Å². The number of aromatic nitrogens is 2. The zero-order valence-corrected chi connectivity index (χ0v) is 10.6. The van der Waals surface area contributed by atoms with Gasteiger partial charge in [0.2, 0.25) is 0 Å². The predicted octanol–water partition coefficient (Wildman–Crippen LogP) is 2.44. The van der Waals surface area contributed by atoms with Crippen LogP contribution in [0.4, 0.5) is 0 Å². The third-order valence-electron chi connectivity index (χ3n) is 3.26. The second-order valence-corrected chi connectivity index (χ2v) is 5.76. The number of hydrogen-bond donors (Lipinski definition) is 0. The summed E-state index contributed by atoms with van der Waals surface area (Å²) in [5, 5.41) is 0. The van der Waals surface area contributed by atoms with Gasteiger partial charge in [-0.25, -0.2) is 4.98 Å². The first-order chi connectivity index (χ1) is 7.39. The fraction of sp³-hybridized carbons (Fsp3) is 0.692. The topological polar surface area (TPSA) is 34.9 Å². The lowest BCUT2D eigenvalue weighted by Crippen LogP contribution is -2.33. The lowest BCUT2D eigenvalue weighted by Gasteiger charge is -2.26. The van der Waals surface area contributed by atoms with Crippen molar-refractivity contribution in [1.29, 1.82) is 0 Å². The van der Waals surface area contributed by atoms with Crippen LogP contribution in [0.2, 0.25) is 0 Å². The quantitative estimate of drug-likeness (QED) is 0.673. The number of nitrogens with zero attached hydrogens (tertiary/aromatic N) is 2. The summed E-state index contributed by atoms with van der Waals surface area (Å²) in [7, 11) is 0. The summed E-state index contributed by atoms with van der Waals surface area (Å²) in [6.07, 6.45) is 3.16. The highest BCUT2D eigenvalue weighted by molar-refractivity contribution is 5.15. The predicted molar refractivity (Wildman–Crippen MR) is 64.8 cm³/mol. The van der Waals surface area contributed by atoms with Crippen molar-refractivity contribution in [2.45, 2.75) is 58.4 Å². The molecule has 0 spiro atoms. The molecule has 16 heavy (non-hydrogen) atoms. The molecule has 0 unspecified atom stereocenters. The summed E-state index contributed by atoms with van der Waals surface area (Å²) in [6, 6.07) is 2.00. The molecule has 1 aromatic rings. The SMILES string of the molecule is C[C@@H]1CCCc2nc(C(C)(C)C)cc(=O)n21. The van der Waals surface area contributed by atoms with Gasteiger partial charge in [-0.1, -0.05) is 20.8 Å². The minimum Gasteiger partial charge on any atom is -0.294 e. The molecule has 0 fully saturated rings.